The summed E-state index contributed by atoms with van der Waals surface area (Å²) in [6.45, 7) is 1.78. The van der Waals surface area contributed by atoms with Crippen LogP contribution >= 0.6 is 24.0 Å². The van der Waals surface area contributed by atoms with E-state index in [1.54, 1.807) is 0 Å². The Morgan fingerprint density at radius 1 is 1.38 bits per heavy atom. The molecule has 1 N–H and O–H groups in total. The van der Waals surface area contributed by atoms with Gasteiger partial charge in [-0.05, 0) is 23.8 Å². The van der Waals surface area contributed by atoms with Crippen molar-refractivity contribution in [1.29, 1.82) is 0 Å². The number of aliphatic imine (C=N–C) groups is 1. The third-order valence-corrected chi connectivity index (χ3v) is 4.42. The first-order chi connectivity index (χ1) is 11.2. The predicted octanol–water partition coefficient (Wildman–Crippen LogP) is 2.85. The Hall–Kier alpha value is -1.57. The predicted molar refractivity (Wildman–Crippen MR) is 109 cm³/mol. The lowest BCUT2D eigenvalue weighted by atomic mass is 10.1. The first-order valence-corrected chi connectivity index (χ1v) is 8.11. The minimum absolute atomic E-state index is 0. The van der Waals surface area contributed by atoms with Crippen molar-refractivity contribution in [1.82, 2.24) is 20.0 Å². The molecule has 1 fully saturated rings. The molecule has 1 aromatic heterocycles. The fourth-order valence-corrected chi connectivity index (χ4v) is 3.09. The largest absolute Gasteiger partial charge is 0.356 e. The third-order valence-electron chi connectivity index (χ3n) is 4.42. The lowest BCUT2D eigenvalue weighted by Crippen LogP contribution is -2.39. The molecule has 1 aliphatic carbocycles. The molecule has 130 valence electrons. The summed E-state index contributed by atoms with van der Waals surface area (Å²) in [6, 6.07) is 10.8. The van der Waals surface area contributed by atoms with Crippen molar-refractivity contribution in [3.8, 4) is 0 Å². The number of aryl methyl sites for hydroxylation is 1. The molecule has 2 aromatic rings. The molecular weight excluding hydrogens is 413 g/mol. The molecule has 1 saturated carbocycles. The minimum atomic E-state index is 0. The lowest BCUT2D eigenvalue weighted by Gasteiger charge is -2.21. The second-order valence-electron chi connectivity index (χ2n) is 6.32. The van der Waals surface area contributed by atoms with Gasteiger partial charge in [0, 0.05) is 46.0 Å². The molecule has 0 spiro atoms. The van der Waals surface area contributed by atoms with Gasteiger partial charge in [-0.2, -0.15) is 5.10 Å². The van der Waals surface area contributed by atoms with Gasteiger partial charge in [0.1, 0.15) is 0 Å². The molecule has 1 aromatic carbocycles. The standard InChI is InChI=1S/C18H25N5.HI/c1-19-18(22(2)12-14-10-21-23(3)13-14)20-11-16-9-17(16)15-7-5-4-6-8-15;/h4-8,10,13,16-17H,9,11-12H2,1-3H3,(H,19,20);1H. The van der Waals surface area contributed by atoms with E-state index in [-0.39, 0.29) is 24.0 Å². The Balaban J connectivity index is 0.00000208. The van der Waals surface area contributed by atoms with E-state index in [2.05, 4.69) is 57.7 Å². The molecule has 0 bridgehead atoms. The zero-order valence-corrected chi connectivity index (χ0v) is 16.8. The zero-order chi connectivity index (χ0) is 16.2. The Morgan fingerprint density at radius 3 is 2.75 bits per heavy atom. The van der Waals surface area contributed by atoms with Gasteiger partial charge < -0.3 is 10.2 Å². The van der Waals surface area contributed by atoms with E-state index in [9.17, 15) is 0 Å². The van der Waals surface area contributed by atoms with Crippen LogP contribution in [0.3, 0.4) is 0 Å². The van der Waals surface area contributed by atoms with Crippen LogP contribution in [0.4, 0.5) is 0 Å². The molecule has 1 heterocycles. The molecule has 0 aliphatic heterocycles. The summed E-state index contributed by atoms with van der Waals surface area (Å²) in [6.07, 6.45) is 5.20. The maximum atomic E-state index is 4.39. The summed E-state index contributed by atoms with van der Waals surface area (Å²) in [5, 5.41) is 7.72. The van der Waals surface area contributed by atoms with Crippen LogP contribution in [-0.4, -0.2) is 41.3 Å². The van der Waals surface area contributed by atoms with Crippen molar-refractivity contribution in [3.63, 3.8) is 0 Å². The average Bonchev–Trinajstić information content (AvgIpc) is 3.23. The number of halogens is 1. The van der Waals surface area contributed by atoms with Crippen molar-refractivity contribution in [2.24, 2.45) is 18.0 Å². The molecule has 5 nitrogen and oxygen atoms in total. The van der Waals surface area contributed by atoms with Crippen molar-refractivity contribution in [2.75, 3.05) is 20.6 Å². The fourth-order valence-electron chi connectivity index (χ4n) is 3.09. The van der Waals surface area contributed by atoms with Crippen LogP contribution in [0.1, 0.15) is 23.5 Å². The van der Waals surface area contributed by atoms with Gasteiger partial charge in [-0.15, -0.1) is 24.0 Å². The number of aromatic nitrogens is 2. The van der Waals surface area contributed by atoms with Crippen molar-refractivity contribution in [2.45, 2.75) is 18.9 Å². The van der Waals surface area contributed by atoms with Crippen LogP contribution in [0.2, 0.25) is 0 Å². The number of guanidine groups is 1. The summed E-state index contributed by atoms with van der Waals surface area (Å²) in [5.74, 6) is 2.35. The number of hydrogen-bond donors (Lipinski definition) is 1. The first kappa shape index (κ1) is 18.8. The molecule has 6 heteroatoms. The van der Waals surface area contributed by atoms with Gasteiger partial charge in [-0.3, -0.25) is 9.67 Å². The number of rotatable bonds is 5. The van der Waals surface area contributed by atoms with Crippen LogP contribution < -0.4 is 5.32 Å². The topological polar surface area (TPSA) is 45.5 Å². The maximum Gasteiger partial charge on any atom is 0.193 e. The number of hydrogen-bond acceptors (Lipinski definition) is 2. The van der Waals surface area contributed by atoms with E-state index in [0.29, 0.717) is 11.8 Å². The highest BCUT2D eigenvalue weighted by Crippen LogP contribution is 2.46. The van der Waals surface area contributed by atoms with Crippen LogP contribution in [0.25, 0.3) is 0 Å². The highest BCUT2D eigenvalue weighted by atomic mass is 127. The smallest absolute Gasteiger partial charge is 0.193 e. The van der Waals surface area contributed by atoms with Crippen molar-refractivity contribution < 1.29 is 0 Å². The van der Waals surface area contributed by atoms with Crippen LogP contribution in [-0.2, 0) is 13.6 Å². The van der Waals surface area contributed by atoms with Gasteiger partial charge in [0.05, 0.1) is 6.20 Å². The Morgan fingerprint density at radius 2 is 2.12 bits per heavy atom. The number of nitrogens with one attached hydrogen (secondary N) is 1. The van der Waals surface area contributed by atoms with E-state index in [0.717, 1.165) is 19.0 Å². The molecular formula is C18H26IN5. The molecule has 0 saturated heterocycles. The third kappa shape index (κ3) is 4.72. The van der Waals surface area contributed by atoms with Crippen LogP contribution in [0, 0.1) is 5.92 Å². The maximum absolute atomic E-state index is 4.39. The molecule has 3 rings (SSSR count). The van der Waals surface area contributed by atoms with Gasteiger partial charge in [0.2, 0.25) is 0 Å². The van der Waals surface area contributed by atoms with Crippen LogP contribution in [0.15, 0.2) is 47.7 Å². The Kier molecular flexibility index (Phi) is 6.65. The SMILES string of the molecule is CN=C(NCC1CC1c1ccccc1)N(C)Cc1cnn(C)c1.I. The molecule has 0 radical (unpaired) electrons. The number of benzene rings is 1. The molecule has 2 unspecified atom stereocenters. The van der Waals surface area contributed by atoms with Gasteiger partial charge in [-0.25, -0.2) is 0 Å². The second kappa shape index (κ2) is 8.50. The normalized spacial score (nSPS) is 19.5. The number of nitrogens with zero attached hydrogens (tertiary/aromatic N) is 4. The van der Waals surface area contributed by atoms with E-state index in [1.807, 2.05) is 31.2 Å². The van der Waals surface area contributed by atoms with Gasteiger partial charge in [0.25, 0.3) is 0 Å². The van der Waals surface area contributed by atoms with E-state index in [4.69, 9.17) is 0 Å². The Labute approximate surface area is 161 Å². The second-order valence-corrected chi connectivity index (χ2v) is 6.32. The zero-order valence-electron chi connectivity index (χ0n) is 14.5. The summed E-state index contributed by atoms with van der Waals surface area (Å²) in [5.41, 5.74) is 2.64. The summed E-state index contributed by atoms with van der Waals surface area (Å²) in [7, 11) is 5.83. The van der Waals surface area contributed by atoms with E-state index in [1.165, 1.54) is 17.5 Å². The van der Waals surface area contributed by atoms with Gasteiger partial charge in [0.15, 0.2) is 5.96 Å². The average molecular weight is 439 g/mol. The summed E-state index contributed by atoms with van der Waals surface area (Å²) < 4.78 is 1.83. The van der Waals surface area contributed by atoms with Crippen LogP contribution in [0.5, 0.6) is 0 Å². The monoisotopic (exact) mass is 439 g/mol. The molecule has 1 aliphatic rings. The minimum Gasteiger partial charge on any atom is -0.356 e. The van der Waals surface area contributed by atoms with E-state index >= 15 is 0 Å². The van der Waals surface area contributed by atoms with Gasteiger partial charge >= 0.3 is 0 Å². The fraction of sp³-hybridized carbons (Fsp3) is 0.444. The summed E-state index contributed by atoms with van der Waals surface area (Å²) in [4.78, 5) is 6.53. The van der Waals surface area contributed by atoms with E-state index < -0.39 is 0 Å². The van der Waals surface area contributed by atoms with Crippen molar-refractivity contribution >= 4 is 29.9 Å². The Bertz CT molecular complexity index is 667. The molecule has 2 atom stereocenters. The quantitative estimate of drug-likeness (QED) is 0.443. The highest BCUT2D eigenvalue weighted by Gasteiger charge is 2.37. The molecule has 0 amide bonds. The summed E-state index contributed by atoms with van der Waals surface area (Å²) >= 11 is 0. The first-order valence-electron chi connectivity index (χ1n) is 8.11. The van der Waals surface area contributed by atoms with Crippen molar-refractivity contribution in [3.05, 3.63) is 53.9 Å². The highest BCUT2D eigenvalue weighted by molar-refractivity contribution is 14.0. The van der Waals surface area contributed by atoms with Gasteiger partial charge in [-0.1, -0.05) is 30.3 Å². The lowest BCUT2D eigenvalue weighted by molar-refractivity contribution is 0.474. The molecule has 24 heavy (non-hydrogen) atoms.